The van der Waals surface area contributed by atoms with Gasteiger partial charge in [-0.3, -0.25) is 0 Å². The number of aromatic nitrogens is 12. The summed E-state index contributed by atoms with van der Waals surface area (Å²) < 4.78 is 3.42. The zero-order valence-electron chi connectivity index (χ0n) is 21.7. The lowest BCUT2D eigenvalue weighted by molar-refractivity contribution is 0.552. The fourth-order valence-corrected chi connectivity index (χ4v) is 7.31. The third-order valence-electron chi connectivity index (χ3n) is 5.88. The van der Waals surface area contributed by atoms with Crippen molar-refractivity contribution in [3.63, 3.8) is 0 Å². The molecule has 6 aromatic rings. The van der Waals surface area contributed by atoms with Gasteiger partial charge in [0.25, 0.3) is 0 Å². The lowest BCUT2D eigenvalue weighted by Crippen LogP contribution is -2.01. The van der Waals surface area contributed by atoms with E-state index in [1.807, 2.05) is 13.8 Å². The number of hydrogen-bond donors (Lipinski definition) is 0. The molecule has 4 aromatic heterocycles. The molecule has 0 radical (unpaired) electrons. The summed E-state index contributed by atoms with van der Waals surface area (Å²) in [6.07, 6.45) is 3.35. The molecule has 2 aromatic carbocycles. The number of hydrogen-bond acceptors (Lipinski definition) is 10. The van der Waals surface area contributed by atoms with Gasteiger partial charge in [-0.15, -0.1) is 20.4 Å². The first-order valence-electron chi connectivity index (χ1n) is 12.3. The second-order valence-corrected chi connectivity index (χ2v) is 12.3. The molecule has 0 aliphatic heterocycles. The Kier molecular flexibility index (Phi) is 8.43. The SMILES string of the molecule is CCn1nnc(-c2cnn(-c3ccc(Cl)cc3Cl)c2SSc2c(-c3nnn(CC)n3)cnn2-c2ccc(Cl)cc2Cl)n1. The van der Waals surface area contributed by atoms with Gasteiger partial charge in [0.05, 0.1) is 58.0 Å². The van der Waals surface area contributed by atoms with Crippen molar-refractivity contribution < 1.29 is 0 Å². The van der Waals surface area contributed by atoms with E-state index in [-0.39, 0.29) is 0 Å². The summed E-state index contributed by atoms with van der Waals surface area (Å²) in [6, 6.07) is 10.4. The quantitative estimate of drug-likeness (QED) is 0.150. The maximum Gasteiger partial charge on any atom is 0.209 e. The van der Waals surface area contributed by atoms with Crippen LogP contribution in [0.2, 0.25) is 20.1 Å². The van der Waals surface area contributed by atoms with Crippen LogP contribution in [0.15, 0.2) is 58.8 Å². The number of rotatable bonds is 9. The van der Waals surface area contributed by atoms with Gasteiger partial charge < -0.3 is 0 Å². The van der Waals surface area contributed by atoms with E-state index in [1.165, 1.54) is 31.2 Å². The number of nitrogens with zero attached hydrogens (tertiary/aromatic N) is 12. The third kappa shape index (κ3) is 5.62. The van der Waals surface area contributed by atoms with Gasteiger partial charge in [0.15, 0.2) is 0 Å². The van der Waals surface area contributed by atoms with Gasteiger partial charge in [-0.1, -0.05) is 46.4 Å². The summed E-state index contributed by atoms with van der Waals surface area (Å²) in [6.45, 7) is 5.00. The first-order chi connectivity index (χ1) is 20.4. The smallest absolute Gasteiger partial charge is 0.209 e. The van der Waals surface area contributed by atoms with Gasteiger partial charge in [-0.05, 0) is 82.3 Å². The zero-order valence-corrected chi connectivity index (χ0v) is 26.4. The molecule has 0 saturated carbocycles. The highest BCUT2D eigenvalue weighted by molar-refractivity contribution is 8.76. The van der Waals surface area contributed by atoms with Crippen molar-refractivity contribution >= 4 is 68.0 Å². The minimum absolute atomic E-state index is 0.415. The van der Waals surface area contributed by atoms with Gasteiger partial charge in [0.2, 0.25) is 11.6 Å². The van der Waals surface area contributed by atoms with Crippen molar-refractivity contribution in [3.05, 3.63) is 68.9 Å². The molecule has 0 unspecified atom stereocenters. The van der Waals surface area contributed by atoms with Crippen LogP contribution in [-0.4, -0.2) is 60.0 Å². The topological polar surface area (TPSA) is 123 Å². The molecule has 42 heavy (non-hydrogen) atoms. The first-order valence-corrected chi connectivity index (χ1v) is 16.0. The second kappa shape index (κ2) is 12.2. The summed E-state index contributed by atoms with van der Waals surface area (Å²) in [5, 5.41) is 38.2. The molecule has 0 fully saturated rings. The molecule has 0 N–H and O–H groups in total. The van der Waals surface area contributed by atoms with Crippen LogP contribution in [0.5, 0.6) is 0 Å². The van der Waals surface area contributed by atoms with Crippen molar-refractivity contribution in [3.8, 4) is 34.2 Å². The van der Waals surface area contributed by atoms with Crippen molar-refractivity contribution in [1.29, 1.82) is 0 Å². The fraction of sp³-hybridized carbons (Fsp3) is 0.167. The lowest BCUT2D eigenvalue weighted by atomic mass is 10.3. The lowest BCUT2D eigenvalue weighted by Gasteiger charge is -2.12. The average Bonchev–Trinajstić information content (AvgIpc) is 3.77. The Morgan fingerprint density at radius 2 is 1.07 bits per heavy atom. The Balaban J connectivity index is 1.47. The van der Waals surface area contributed by atoms with Crippen LogP contribution in [0, 0.1) is 0 Å². The number of tetrazole rings is 2. The molecule has 4 heterocycles. The van der Waals surface area contributed by atoms with E-state index in [2.05, 4.69) is 41.0 Å². The minimum Gasteiger partial charge on any atom is -0.224 e. The Labute approximate surface area is 266 Å². The summed E-state index contributed by atoms with van der Waals surface area (Å²) in [7, 11) is 2.78. The van der Waals surface area contributed by atoms with Gasteiger partial charge in [-0.2, -0.15) is 19.8 Å². The highest BCUT2D eigenvalue weighted by atomic mass is 35.5. The van der Waals surface area contributed by atoms with Gasteiger partial charge >= 0.3 is 0 Å². The number of aryl methyl sites for hydroxylation is 2. The summed E-state index contributed by atoms with van der Waals surface area (Å²) >= 11 is 25.6. The van der Waals surface area contributed by atoms with Crippen LogP contribution < -0.4 is 0 Å². The molecule has 18 heteroatoms. The normalized spacial score (nSPS) is 11.5. The van der Waals surface area contributed by atoms with E-state index in [4.69, 9.17) is 46.4 Å². The molecule has 0 bridgehead atoms. The molecule has 6 rings (SSSR count). The first kappa shape index (κ1) is 29.0. The number of halogens is 4. The molecule has 0 aliphatic rings. The Morgan fingerprint density at radius 1 is 0.643 bits per heavy atom. The van der Waals surface area contributed by atoms with Crippen LogP contribution in [0.25, 0.3) is 34.2 Å². The van der Waals surface area contributed by atoms with Crippen molar-refractivity contribution in [2.75, 3.05) is 0 Å². The van der Waals surface area contributed by atoms with Gasteiger partial charge in [-0.25, -0.2) is 9.36 Å². The maximum absolute atomic E-state index is 6.60. The maximum atomic E-state index is 6.60. The van der Waals surface area contributed by atoms with Gasteiger partial charge in [0, 0.05) is 10.0 Å². The summed E-state index contributed by atoms with van der Waals surface area (Å²) in [5.74, 6) is 0.830. The highest BCUT2D eigenvalue weighted by Crippen LogP contribution is 2.46. The largest absolute Gasteiger partial charge is 0.224 e. The minimum atomic E-state index is 0.415. The third-order valence-corrected chi connectivity index (χ3v) is 9.34. The molecule has 214 valence electrons. The number of benzene rings is 2. The Hall–Kier alpha value is -3.14. The monoisotopic (exact) mass is 678 g/mol. The molecule has 0 amide bonds. The van der Waals surface area contributed by atoms with E-state index >= 15 is 0 Å². The molecule has 0 atom stereocenters. The molecular weight excluding hydrogens is 662 g/mol. The predicted molar refractivity (Wildman–Crippen MR) is 164 cm³/mol. The average molecular weight is 680 g/mol. The van der Waals surface area contributed by atoms with E-state index in [0.29, 0.717) is 77.4 Å². The van der Waals surface area contributed by atoms with Crippen LogP contribution >= 0.6 is 68.0 Å². The van der Waals surface area contributed by atoms with Crippen LogP contribution in [0.1, 0.15) is 13.8 Å². The van der Waals surface area contributed by atoms with Crippen LogP contribution in [-0.2, 0) is 13.1 Å². The summed E-state index contributed by atoms with van der Waals surface area (Å²) in [4.78, 5) is 3.00. The standard InChI is InChI=1S/C24H18Cl4N12S2/c1-3-37-33-21(31-35-37)15-11-29-39(19-7-5-13(25)9-17(19)27)23(15)41-42-24-16(22-32-36-38(4-2)34-22)12-30-40(24)20-8-6-14(26)10-18(20)28/h5-12H,3-4H2,1-2H3. The Bertz CT molecular complexity index is 1760. The van der Waals surface area contributed by atoms with Crippen molar-refractivity contribution in [2.45, 2.75) is 37.0 Å². The van der Waals surface area contributed by atoms with E-state index in [1.54, 1.807) is 58.2 Å². The molecular formula is C24H18Cl4N12S2. The molecule has 0 aliphatic carbocycles. The summed E-state index contributed by atoms with van der Waals surface area (Å²) in [5.41, 5.74) is 2.57. The fourth-order valence-electron chi connectivity index (χ4n) is 3.84. The second-order valence-electron chi connectivity index (χ2n) is 8.51. The highest BCUT2D eigenvalue weighted by Gasteiger charge is 2.25. The van der Waals surface area contributed by atoms with Gasteiger partial charge in [0.1, 0.15) is 10.1 Å². The van der Waals surface area contributed by atoms with Crippen LogP contribution in [0.4, 0.5) is 0 Å². The van der Waals surface area contributed by atoms with E-state index < -0.39 is 0 Å². The molecule has 0 saturated heterocycles. The predicted octanol–water partition coefficient (Wildman–Crippen LogP) is 6.82. The molecule has 12 nitrogen and oxygen atoms in total. The Morgan fingerprint density at radius 3 is 1.43 bits per heavy atom. The molecule has 0 spiro atoms. The zero-order chi connectivity index (χ0) is 29.4. The van der Waals surface area contributed by atoms with Crippen LogP contribution in [0.3, 0.4) is 0 Å². The van der Waals surface area contributed by atoms with Crippen molar-refractivity contribution in [1.82, 2.24) is 60.0 Å². The van der Waals surface area contributed by atoms with E-state index in [0.717, 1.165) is 0 Å². The van der Waals surface area contributed by atoms with E-state index in [9.17, 15) is 0 Å². The van der Waals surface area contributed by atoms with Crippen molar-refractivity contribution in [2.24, 2.45) is 0 Å².